The Labute approximate surface area is 200 Å². The number of carbonyl (C=O) groups excluding carboxylic acids is 1. The number of hydrogen-bond acceptors (Lipinski definition) is 7. The second-order valence-corrected chi connectivity index (χ2v) is 9.55. The second-order valence-electron chi connectivity index (χ2n) is 7.87. The van der Waals surface area contributed by atoms with Crippen LogP contribution in [-0.2, 0) is 16.1 Å². The number of amides is 1. The van der Waals surface area contributed by atoms with Crippen molar-refractivity contribution >= 4 is 51.7 Å². The van der Waals surface area contributed by atoms with Gasteiger partial charge < -0.3 is 10.1 Å². The third-order valence-corrected chi connectivity index (χ3v) is 7.01. The van der Waals surface area contributed by atoms with E-state index in [0.29, 0.717) is 46.0 Å². The van der Waals surface area contributed by atoms with Gasteiger partial charge in [0.1, 0.15) is 15.8 Å². The molecule has 1 atom stereocenters. The smallest absolute Gasteiger partial charge is 0.267 e. The molecule has 168 valence electrons. The SMILES string of the molecule is O=C1/C(=C/c2c(NCc3ccccc3)nc3ccccn3c2=O)SC(=S)N1C[C@@H]1CCCO1. The standard InChI is InChI=1S/C24H22N4O3S2/c29-22-18(13-19-23(30)28(24(32)33-19)15-17-9-6-12-31-17)21(25-14-16-7-2-1-3-8-16)26-20-10-4-5-11-27(20)22/h1-5,7-8,10-11,13,17,25H,6,9,12,14-15H2/b19-13-/t17-/m0/s1. The zero-order chi connectivity index (χ0) is 22.8. The van der Waals surface area contributed by atoms with Gasteiger partial charge in [-0.2, -0.15) is 0 Å². The zero-order valence-corrected chi connectivity index (χ0v) is 19.4. The largest absolute Gasteiger partial charge is 0.376 e. The van der Waals surface area contributed by atoms with Crippen LogP contribution < -0.4 is 10.9 Å². The molecule has 0 unspecified atom stereocenters. The lowest BCUT2D eigenvalue weighted by atomic mass is 10.2. The molecule has 0 aliphatic carbocycles. The van der Waals surface area contributed by atoms with Gasteiger partial charge in [0.25, 0.3) is 11.5 Å². The third-order valence-electron chi connectivity index (χ3n) is 5.63. The fourth-order valence-corrected chi connectivity index (χ4v) is 5.19. The molecule has 2 aliphatic rings. The van der Waals surface area contributed by atoms with Gasteiger partial charge in [-0.25, -0.2) is 4.98 Å². The number of nitrogens with one attached hydrogen (secondary N) is 1. The van der Waals surface area contributed by atoms with Crippen LogP contribution >= 0.6 is 24.0 Å². The van der Waals surface area contributed by atoms with Gasteiger partial charge in [-0.05, 0) is 36.6 Å². The minimum absolute atomic E-state index is 0.00270. The van der Waals surface area contributed by atoms with Crippen LogP contribution in [0, 0.1) is 0 Å². The molecule has 33 heavy (non-hydrogen) atoms. The van der Waals surface area contributed by atoms with Crippen molar-refractivity contribution in [2.75, 3.05) is 18.5 Å². The van der Waals surface area contributed by atoms with Gasteiger partial charge >= 0.3 is 0 Å². The highest BCUT2D eigenvalue weighted by Crippen LogP contribution is 2.34. The molecule has 2 aromatic heterocycles. The summed E-state index contributed by atoms with van der Waals surface area (Å²) in [6.45, 7) is 1.65. The molecule has 4 heterocycles. The number of ether oxygens (including phenoxy) is 1. The van der Waals surface area contributed by atoms with E-state index in [2.05, 4.69) is 10.3 Å². The lowest BCUT2D eigenvalue weighted by Crippen LogP contribution is -2.35. The maximum absolute atomic E-state index is 13.3. The Morgan fingerprint density at radius 3 is 2.79 bits per heavy atom. The van der Waals surface area contributed by atoms with Crippen LogP contribution in [0.4, 0.5) is 5.82 Å². The van der Waals surface area contributed by atoms with Crippen LogP contribution in [0.3, 0.4) is 0 Å². The number of thiocarbonyl (C=S) groups is 1. The van der Waals surface area contributed by atoms with E-state index in [9.17, 15) is 9.59 Å². The molecular weight excluding hydrogens is 456 g/mol. The molecule has 0 saturated carbocycles. The van der Waals surface area contributed by atoms with Crippen molar-refractivity contribution < 1.29 is 9.53 Å². The van der Waals surface area contributed by atoms with Crippen LogP contribution in [0.5, 0.6) is 0 Å². The van der Waals surface area contributed by atoms with Crippen LogP contribution in [-0.4, -0.2) is 43.8 Å². The van der Waals surface area contributed by atoms with Gasteiger partial charge in [0.05, 0.1) is 23.1 Å². The number of pyridine rings is 1. The quantitative estimate of drug-likeness (QED) is 0.428. The number of nitrogens with zero attached hydrogens (tertiary/aromatic N) is 3. The van der Waals surface area contributed by atoms with Crippen LogP contribution in [0.2, 0.25) is 0 Å². The van der Waals surface area contributed by atoms with E-state index in [-0.39, 0.29) is 17.6 Å². The molecule has 2 fully saturated rings. The Kier molecular flexibility index (Phi) is 6.26. The summed E-state index contributed by atoms with van der Waals surface area (Å²) in [5, 5.41) is 3.28. The summed E-state index contributed by atoms with van der Waals surface area (Å²) in [6, 6.07) is 15.2. The maximum Gasteiger partial charge on any atom is 0.267 e. The summed E-state index contributed by atoms with van der Waals surface area (Å²) >= 11 is 6.67. The Bertz CT molecular complexity index is 1300. The van der Waals surface area contributed by atoms with E-state index in [1.807, 2.05) is 36.4 Å². The molecule has 2 saturated heterocycles. The van der Waals surface area contributed by atoms with Crippen molar-refractivity contribution in [3.05, 3.63) is 81.1 Å². The molecule has 7 nitrogen and oxygen atoms in total. The van der Waals surface area contributed by atoms with E-state index >= 15 is 0 Å². The van der Waals surface area contributed by atoms with Crippen LogP contribution in [0.15, 0.2) is 64.4 Å². The predicted molar refractivity (Wildman–Crippen MR) is 134 cm³/mol. The number of rotatable bonds is 6. The van der Waals surface area contributed by atoms with Crippen LogP contribution in [0.25, 0.3) is 11.7 Å². The lowest BCUT2D eigenvalue weighted by Gasteiger charge is -2.18. The second kappa shape index (κ2) is 9.46. The number of benzene rings is 1. The molecule has 5 rings (SSSR count). The minimum atomic E-state index is -0.249. The first-order chi connectivity index (χ1) is 16.1. The monoisotopic (exact) mass is 478 g/mol. The summed E-state index contributed by atoms with van der Waals surface area (Å²) in [6.07, 6.45) is 5.19. The van der Waals surface area contributed by atoms with Crippen molar-refractivity contribution in [2.45, 2.75) is 25.5 Å². The fraction of sp³-hybridized carbons (Fsp3) is 0.250. The molecule has 2 aliphatic heterocycles. The molecule has 0 spiro atoms. The number of aromatic nitrogens is 2. The number of thioether (sulfide) groups is 1. The normalized spacial score (nSPS) is 19.7. The van der Waals surface area contributed by atoms with E-state index < -0.39 is 0 Å². The Hall–Kier alpha value is -3.01. The fourth-order valence-electron chi connectivity index (χ4n) is 3.93. The van der Waals surface area contributed by atoms with Crippen molar-refractivity contribution in [1.82, 2.24) is 14.3 Å². The Morgan fingerprint density at radius 1 is 1.18 bits per heavy atom. The van der Waals surface area contributed by atoms with E-state index in [4.69, 9.17) is 17.0 Å². The van der Waals surface area contributed by atoms with Crippen LogP contribution in [0.1, 0.15) is 24.0 Å². The number of hydrogen-bond donors (Lipinski definition) is 1. The Balaban J connectivity index is 1.50. The van der Waals surface area contributed by atoms with Gasteiger partial charge in [-0.15, -0.1) is 0 Å². The number of carbonyl (C=O) groups is 1. The number of fused-ring (bicyclic) bond motifs is 1. The van der Waals surface area contributed by atoms with Gasteiger partial charge in [-0.3, -0.25) is 18.9 Å². The van der Waals surface area contributed by atoms with Crippen molar-refractivity contribution in [3.63, 3.8) is 0 Å². The molecular formula is C24H22N4O3S2. The average molecular weight is 479 g/mol. The first-order valence-electron chi connectivity index (χ1n) is 10.8. The lowest BCUT2D eigenvalue weighted by molar-refractivity contribution is -0.123. The van der Waals surface area contributed by atoms with Crippen molar-refractivity contribution in [1.29, 1.82) is 0 Å². The summed E-state index contributed by atoms with van der Waals surface area (Å²) in [5.74, 6) is 0.228. The molecule has 0 bridgehead atoms. The molecule has 1 N–H and O–H groups in total. The minimum Gasteiger partial charge on any atom is -0.376 e. The van der Waals surface area contributed by atoms with E-state index in [0.717, 1.165) is 18.4 Å². The van der Waals surface area contributed by atoms with Crippen molar-refractivity contribution in [2.24, 2.45) is 0 Å². The first-order valence-corrected chi connectivity index (χ1v) is 12.0. The average Bonchev–Trinajstić information content (AvgIpc) is 3.44. The molecule has 3 aromatic rings. The highest BCUT2D eigenvalue weighted by Gasteiger charge is 2.35. The van der Waals surface area contributed by atoms with Gasteiger partial charge in [0, 0.05) is 19.3 Å². The zero-order valence-electron chi connectivity index (χ0n) is 17.8. The van der Waals surface area contributed by atoms with E-state index in [1.165, 1.54) is 16.2 Å². The van der Waals surface area contributed by atoms with Gasteiger partial charge in [-0.1, -0.05) is 60.4 Å². The van der Waals surface area contributed by atoms with Gasteiger partial charge in [0.2, 0.25) is 0 Å². The van der Waals surface area contributed by atoms with Gasteiger partial charge in [0.15, 0.2) is 0 Å². The molecule has 9 heteroatoms. The molecule has 1 amide bonds. The Morgan fingerprint density at radius 2 is 2.00 bits per heavy atom. The molecule has 0 radical (unpaired) electrons. The maximum atomic E-state index is 13.3. The highest BCUT2D eigenvalue weighted by atomic mass is 32.2. The third kappa shape index (κ3) is 4.57. The summed E-state index contributed by atoms with van der Waals surface area (Å²) in [7, 11) is 0. The topological polar surface area (TPSA) is 75.9 Å². The van der Waals surface area contributed by atoms with Crippen molar-refractivity contribution in [3.8, 4) is 0 Å². The first kappa shape index (κ1) is 21.8. The number of anilines is 1. The predicted octanol–water partition coefficient (Wildman–Crippen LogP) is 3.69. The van der Waals surface area contributed by atoms with E-state index in [1.54, 1.807) is 29.3 Å². The highest BCUT2D eigenvalue weighted by molar-refractivity contribution is 8.26. The molecule has 1 aromatic carbocycles. The summed E-state index contributed by atoms with van der Waals surface area (Å²) in [5.41, 5.74) is 1.66. The summed E-state index contributed by atoms with van der Waals surface area (Å²) in [4.78, 5) is 33.1. The summed E-state index contributed by atoms with van der Waals surface area (Å²) < 4.78 is 7.63.